The van der Waals surface area contributed by atoms with Gasteiger partial charge in [-0.1, -0.05) is 11.8 Å². The Kier molecular flexibility index (Phi) is 5.66. The van der Waals surface area contributed by atoms with Gasteiger partial charge < -0.3 is 10.1 Å². The summed E-state index contributed by atoms with van der Waals surface area (Å²) >= 11 is 1.29. The standard InChI is InChI=1S/C20H16N6O3S/c1-29-20(28)13-4-6-15(7-5-13)22-17(27)12-30-18-9-8-16-23-24-19(26(16)25-18)14-3-2-10-21-11-14/h2-11H,12H2,1H3,(H,22,27). The largest absolute Gasteiger partial charge is 0.465 e. The third kappa shape index (κ3) is 4.28. The van der Waals surface area contributed by atoms with Gasteiger partial charge in [0.15, 0.2) is 11.5 Å². The summed E-state index contributed by atoms with van der Waals surface area (Å²) in [6.45, 7) is 0. The highest BCUT2D eigenvalue weighted by molar-refractivity contribution is 7.99. The fourth-order valence-electron chi connectivity index (χ4n) is 2.67. The van der Waals surface area contributed by atoms with Crippen molar-refractivity contribution in [2.75, 3.05) is 18.2 Å². The number of pyridine rings is 1. The molecule has 0 unspecified atom stereocenters. The Hall–Kier alpha value is -3.79. The van der Waals surface area contributed by atoms with Gasteiger partial charge in [-0.15, -0.1) is 10.2 Å². The SMILES string of the molecule is COC(=O)c1ccc(NC(=O)CSc2ccc3nnc(-c4cccnc4)n3n2)cc1. The number of amides is 1. The molecule has 0 saturated heterocycles. The van der Waals surface area contributed by atoms with E-state index in [4.69, 9.17) is 0 Å². The Morgan fingerprint density at radius 3 is 2.67 bits per heavy atom. The van der Waals surface area contributed by atoms with Gasteiger partial charge in [0, 0.05) is 23.6 Å². The smallest absolute Gasteiger partial charge is 0.337 e. The topological polar surface area (TPSA) is 111 Å². The number of nitrogens with zero attached hydrogens (tertiary/aromatic N) is 5. The van der Waals surface area contributed by atoms with Crippen LogP contribution in [-0.2, 0) is 9.53 Å². The first-order valence-corrected chi connectivity index (χ1v) is 9.86. The molecule has 0 aliphatic carbocycles. The minimum Gasteiger partial charge on any atom is -0.465 e. The van der Waals surface area contributed by atoms with Crippen molar-refractivity contribution in [3.05, 3.63) is 66.5 Å². The van der Waals surface area contributed by atoms with Gasteiger partial charge in [-0.25, -0.2) is 4.79 Å². The van der Waals surface area contributed by atoms with Crippen LogP contribution in [0.2, 0.25) is 0 Å². The van der Waals surface area contributed by atoms with Crippen LogP contribution in [0.15, 0.2) is 66.0 Å². The zero-order valence-electron chi connectivity index (χ0n) is 15.8. The lowest BCUT2D eigenvalue weighted by molar-refractivity contribution is -0.113. The van der Waals surface area contributed by atoms with Crippen molar-refractivity contribution in [2.45, 2.75) is 5.03 Å². The molecule has 10 heteroatoms. The average Bonchev–Trinajstić information content (AvgIpc) is 3.21. The lowest BCUT2D eigenvalue weighted by Gasteiger charge is -2.06. The molecule has 0 atom stereocenters. The molecule has 3 heterocycles. The summed E-state index contributed by atoms with van der Waals surface area (Å²) in [6.07, 6.45) is 3.37. The van der Waals surface area contributed by atoms with Crippen LogP contribution in [0.25, 0.3) is 17.0 Å². The summed E-state index contributed by atoms with van der Waals surface area (Å²) in [5.41, 5.74) is 2.41. The normalized spacial score (nSPS) is 10.7. The average molecular weight is 420 g/mol. The summed E-state index contributed by atoms with van der Waals surface area (Å²) in [5, 5.41) is 16.3. The lowest BCUT2D eigenvalue weighted by atomic mass is 10.2. The van der Waals surface area contributed by atoms with Crippen LogP contribution in [0.1, 0.15) is 10.4 Å². The summed E-state index contributed by atoms with van der Waals surface area (Å²) in [6, 6.07) is 13.8. The fraction of sp³-hybridized carbons (Fsp3) is 0.100. The number of ether oxygens (including phenoxy) is 1. The van der Waals surface area contributed by atoms with Gasteiger partial charge >= 0.3 is 5.97 Å². The zero-order valence-corrected chi connectivity index (χ0v) is 16.7. The number of aromatic nitrogens is 5. The van der Waals surface area contributed by atoms with Gasteiger partial charge in [0.1, 0.15) is 5.03 Å². The second-order valence-corrected chi connectivity index (χ2v) is 7.11. The summed E-state index contributed by atoms with van der Waals surface area (Å²) < 4.78 is 6.28. The first kappa shape index (κ1) is 19.5. The molecule has 0 aliphatic rings. The van der Waals surface area contributed by atoms with Crippen molar-refractivity contribution in [3.8, 4) is 11.4 Å². The van der Waals surface area contributed by atoms with E-state index in [-0.39, 0.29) is 11.7 Å². The second kappa shape index (κ2) is 8.70. The second-order valence-electron chi connectivity index (χ2n) is 6.11. The van der Waals surface area contributed by atoms with Crippen LogP contribution < -0.4 is 5.32 Å². The number of nitrogens with one attached hydrogen (secondary N) is 1. The van der Waals surface area contributed by atoms with Crippen molar-refractivity contribution in [1.29, 1.82) is 0 Å². The first-order chi connectivity index (χ1) is 14.6. The van der Waals surface area contributed by atoms with Crippen LogP contribution in [-0.4, -0.2) is 49.5 Å². The van der Waals surface area contributed by atoms with Gasteiger partial charge in [0.05, 0.1) is 18.4 Å². The highest BCUT2D eigenvalue weighted by Gasteiger charge is 2.12. The van der Waals surface area contributed by atoms with E-state index in [1.807, 2.05) is 12.1 Å². The minimum atomic E-state index is -0.426. The predicted octanol–water partition coefficient (Wildman–Crippen LogP) is 2.70. The Morgan fingerprint density at radius 2 is 1.93 bits per heavy atom. The number of fused-ring (bicyclic) bond motifs is 1. The van der Waals surface area contributed by atoms with Crippen LogP contribution in [0.4, 0.5) is 5.69 Å². The van der Waals surface area contributed by atoms with Crippen molar-refractivity contribution >= 4 is 35.0 Å². The molecular formula is C20H16N6O3S. The number of methoxy groups -OCH3 is 1. The molecule has 0 saturated carbocycles. The number of carbonyl (C=O) groups is 2. The van der Waals surface area contributed by atoms with Crippen molar-refractivity contribution in [2.24, 2.45) is 0 Å². The summed E-state index contributed by atoms with van der Waals surface area (Å²) in [5.74, 6) is 0.130. The fourth-order valence-corrected chi connectivity index (χ4v) is 3.32. The number of carbonyl (C=O) groups excluding carboxylic acids is 2. The number of esters is 1. The van der Waals surface area contributed by atoms with E-state index in [0.29, 0.717) is 27.7 Å². The molecule has 0 bridgehead atoms. The quantitative estimate of drug-likeness (QED) is 0.374. The molecule has 0 aliphatic heterocycles. The zero-order chi connectivity index (χ0) is 20.9. The molecule has 0 fully saturated rings. The summed E-state index contributed by atoms with van der Waals surface area (Å²) in [4.78, 5) is 27.8. The van der Waals surface area contributed by atoms with Gasteiger partial charge in [0.2, 0.25) is 5.91 Å². The van der Waals surface area contributed by atoms with E-state index in [9.17, 15) is 9.59 Å². The Bertz CT molecular complexity index is 1190. The highest BCUT2D eigenvalue weighted by Crippen LogP contribution is 2.20. The maximum atomic E-state index is 12.3. The van der Waals surface area contributed by atoms with E-state index in [1.54, 1.807) is 53.3 Å². The van der Waals surface area contributed by atoms with E-state index in [0.717, 1.165) is 5.56 Å². The predicted molar refractivity (Wildman–Crippen MR) is 111 cm³/mol. The Balaban J connectivity index is 1.42. The molecule has 30 heavy (non-hydrogen) atoms. The first-order valence-electron chi connectivity index (χ1n) is 8.88. The molecule has 1 N–H and O–H groups in total. The van der Waals surface area contributed by atoms with Crippen LogP contribution in [0, 0.1) is 0 Å². The lowest BCUT2D eigenvalue weighted by Crippen LogP contribution is -2.14. The molecule has 1 aromatic carbocycles. The van der Waals surface area contributed by atoms with E-state index < -0.39 is 5.97 Å². The number of hydrogen-bond acceptors (Lipinski definition) is 8. The third-order valence-corrected chi connectivity index (χ3v) is 5.02. The van der Waals surface area contributed by atoms with Crippen molar-refractivity contribution in [1.82, 2.24) is 24.8 Å². The maximum absolute atomic E-state index is 12.3. The molecule has 9 nitrogen and oxygen atoms in total. The number of hydrogen-bond donors (Lipinski definition) is 1. The molecule has 0 spiro atoms. The van der Waals surface area contributed by atoms with Crippen LogP contribution in [0.5, 0.6) is 0 Å². The number of thioether (sulfide) groups is 1. The van der Waals surface area contributed by atoms with Crippen LogP contribution in [0.3, 0.4) is 0 Å². The van der Waals surface area contributed by atoms with Gasteiger partial charge in [-0.2, -0.15) is 9.61 Å². The van der Waals surface area contributed by atoms with E-state index in [1.165, 1.54) is 18.9 Å². The van der Waals surface area contributed by atoms with Gasteiger partial charge in [-0.05, 0) is 48.5 Å². The summed E-state index contributed by atoms with van der Waals surface area (Å²) in [7, 11) is 1.32. The monoisotopic (exact) mass is 420 g/mol. The molecule has 150 valence electrons. The van der Waals surface area contributed by atoms with Crippen molar-refractivity contribution < 1.29 is 14.3 Å². The van der Waals surface area contributed by atoms with Crippen LogP contribution >= 0.6 is 11.8 Å². The highest BCUT2D eigenvalue weighted by atomic mass is 32.2. The maximum Gasteiger partial charge on any atom is 0.337 e. The molecule has 4 rings (SSSR count). The van der Waals surface area contributed by atoms with E-state index >= 15 is 0 Å². The third-order valence-electron chi connectivity index (χ3n) is 4.10. The Morgan fingerprint density at radius 1 is 1.10 bits per heavy atom. The molecular weight excluding hydrogens is 404 g/mol. The molecule has 1 amide bonds. The van der Waals surface area contributed by atoms with E-state index in [2.05, 4.69) is 30.3 Å². The molecule has 4 aromatic rings. The molecule has 3 aromatic heterocycles. The van der Waals surface area contributed by atoms with Gasteiger partial charge in [-0.3, -0.25) is 9.78 Å². The minimum absolute atomic E-state index is 0.168. The Labute approximate surface area is 175 Å². The number of benzene rings is 1. The molecule has 0 radical (unpaired) electrons. The number of anilines is 1. The van der Waals surface area contributed by atoms with Crippen molar-refractivity contribution in [3.63, 3.8) is 0 Å². The van der Waals surface area contributed by atoms with Gasteiger partial charge in [0.25, 0.3) is 0 Å². The number of rotatable bonds is 6.